The molecular formula is C16H13NO3S. The number of aromatic carboxylic acids is 1. The van der Waals surface area contributed by atoms with E-state index in [1.165, 1.54) is 12.1 Å². The van der Waals surface area contributed by atoms with Gasteiger partial charge in [0.1, 0.15) is 5.37 Å². The minimum Gasteiger partial charge on any atom is -0.478 e. The average molecular weight is 299 g/mol. The maximum atomic E-state index is 12.2. The fraction of sp³-hybridized carbons (Fsp3) is 0.125. The molecule has 3 rings (SSSR count). The molecule has 1 fully saturated rings. The van der Waals surface area contributed by atoms with Gasteiger partial charge in [0.15, 0.2) is 0 Å². The second kappa shape index (κ2) is 5.61. The summed E-state index contributed by atoms with van der Waals surface area (Å²) in [6.45, 7) is 0. The van der Waals surface area contributed by atoms with E-state index >= 15 is 0 Å². The number of nitrogens with zero attached hydrogens (tertiary/aromatic N) is 1. The van der Waals surface area contributed by atoms with Gasteiger partial charge in [0.05, 0.1) is 11.3 Å². The van der Waals surface area contributed by atoms with Crippen molar-refractivity contribution in [1.29, 1.82) is 0 Å². The molecule has 1 atom stereocenters. The molecule has 21 heavy (non-hydrogen) atoms. The van der Waals surface area contributed by atoms with E-state index in [1.54, 1.807) is 28.8 Å². The Morgan fingerprint density at radius 1 is 1.10 bits per heavy atom. The van der Waals surface area contributed by atoms with Crippen LogP contribution in [0.15, 0.2) is 54.6 Å². The highest BCUT2D eigenvalue weighted by atomic mass is 32.2. The van der Waals surface area contributed by atoms with Crippen molar-refractivity contribution in [2.75, 3.05) is 10.7 Å². The number of amides is 1. The number of carboxylic acids is 1. The van der Waals surface area contributed by atoms with Gasteiger partial charge in [-0.3, -0.25) is 9.69 Å². The fourth-order valence-electron chi connectivity index (χ4n) is 2.33. The van der Waals surface area contributed by atoms with Crippen LogP contribution >= 0.6 is 11.8 Å². The molecule has 0 saturated carbocycles. The van der Waals surface area contributed by atoms with Gasteiger partial charge in [-0.1, -0.05) is 30.3 Å². The zero-order valence-corrected chi connectivity index (χ0v) is 11.9. The van der Waals surface area contributed by atoms with E-state index in [9.17, 15) is 9.59 Å². The molecule has 5 heteroatoms. The number of thioether (sulfide) groups is 1. The average Bonchev–Trinajstić information content (AvgIpc) is 2.90. The Morgan fingerprint density at radius 3 is 2.38 bits per heavy atom. The lowest BCUT2D eigenvalue weighted by atomic mass is 10.1. The number of rotatable bonds is 3. The topological polar surface area (TPSA) is 57.6 Å². The van der Waals surface area contributed by atoms with Crippen molar-refractivity contribution >= 4 is 29.3 Å². The van der Waals surface area contributed by atoms with Crippen LogP contribution in [0.3, 0.4) is 0 Å². The molecule has 0 aliphatic carbocycles. The van der Waals surface area contributed by atoms with Crippen LogP contribution in [0.25, 0.3) is 0 Å². The zero-order chi connectivity index (χ0) is 14.8. The highest BCUT2D eigenvalue weighted by Gasteiger charge is 2.33. The molecule has 2 aromatic rings. The number of hydrogen-bond donors (Lipinski definition) is 1. The van der Waals surface area contributed by atoms with Gasteiger partial charge in [0.25, 0.3) is 0 Å². The number of carboxylic acid groups (broad SMARTS) is 1. The number of benzene rings is 2. The summed E-state index contributed by atoms with van der Waals surface area (Å²) in [5, 5.41) is 8.88. The van der Waals surface area contributed by atoms with Gasteiger partial charge < -0.3 is 5.11 Å². The standard InChI is InChI=1S/C16H13NO3S/c18-14-10-21-15(11-4-2-1-3-5-11)17(14)13-8-6-12(7-9-13)16(19)20/h1-9,15H,10H2,(H,19,20)/t15-/m0/s1. The predicted molar refractivity (Wildman–Crippen MR) is 82.5 cm³/mol. The number of anilines is 1. The van der Waals surface area contributed by atoms with E-state index in [1.807, 2.05) is 30.3 Å². The molecule has 0 unspecified atom stereocenters. The quantitative estimate of drug-likeness (QED) is 0.946. The van der Waals surface area contributed by atoms with Crippen molar-refractivity contribution in [3.63, 3.8) is 0 Å². The van der Waals surface area contributed by atoms with Gasteiger partial charge in [-0.05, 0) is 29.8 Å². The number of carbonyl (C=O) groups is 2. The molecule has 0 spiro atoms. The summed E-state index contributed by atoms with van der Waals surface area (Å²) in [6, 6.07) is 16.2. The third kappa shape index (κ3) is 2.64. The van der Waals surface area contributed by atoms with Crippen molar-refractivity contribution in [2.45, 2.75) is 5.37 Å². The SMILES string of the molecule is O=C(O)c1ccc(N2C(=O)CS[C@H]2c2ccccc2)cc1. The molecule has 1 aliphatic rings. The lowest BCUT2D eigenvalue weighted by Gasteiger charge is -2.24. The first kappa shape index (κ1) is 13.7. The van der Waals surface area contributed by atoms with E-state index in [4.69, 9.17) is 5.11 Å². The Bertz CT molecular complexity index is 670. The lowest BCUT2D eigenvalue weighted by molar-refractivity contribution is -0.115. The van der Waals surface area contributed by atoms with E-state index in [-0.39, 0.29) is 16.8 Å². The van der Waals surface area contributed by atoms with Crippen LogP contribution in [0.1, 0.15) is 21.3 Å². The van der Waals surface area contributed by atoms with E-state index in [0.29, 0.717) is 5.75 Å². The number of hydrogen-bond acceptors (Lipinski definition) is 3. The summed E-state index contributed by atoms with van der Waals surface area (Å²) in [7, 11) is 0. The Hall–Kier alpha value is -2.27. The van der Waals surface area contributed by atoms with E-state index in [0.717, 1.165) is 11.3 Å². The van der Waals surface area contributed by atoms with Crippen molar-refractivity contribution in [1.82, 2.24) is 0 Å². The normalized spacial score (nSPS) is 18.0. The minimum atomic E-state index is -0.969. The van der Waals surface area contributed by atoms with Crippen LogP contribution in [0.4, 0.5) is 5.69 Å². The summed E-state index contributed by atoms with van der Waals surface area (Å²) >= 11 is 1.58. The largest absolute Gasteiger partial charge is 0.478 e. The second-order valence-electron chi connectivity index (χ2n) is 4.69. The first-order chi connectivity index (χ1) is 10.2. The maximum Gasteiger partial charge on any atom is 0.335 e. The van der Waals surface area contributed by atoms with Gasteiger partial charge in [-0.15, -0.1) is 11.8 Å². The number of carbonyl (C=O) groups excluding carboxylic acids is 1. The molecule has 1 heterocycles. The van der Waals surface area contributed by atoms with Gasteiger partial charge in [0, 0.05) is 5.69 Å². The summed E-state index contributed by atoms with van der Waals surface area (Å²) in [5.41, 5.74) is 2.01. The molecule has 1 aliphatic heterocycles. The second-order valence-corrected chi connectivity index (χ2v) is 5.76. The Kier molecular flexibility index (Phi) is 3.66. The fourth-order valence-corrected chi connectivity index (χ4v) is 3.51. The zero-order valence-electron chi connectivity index (χ0n) is 11.1. The van der Waals surface area contributed by atoms with Crippen molar-refractivity contribution in [3.8, 4) is 0 Å². The van der Waals surface area contributed by atoms with Gasteiger partial charge in [-0.25, -0.2) is 4.79 Å². The highest BCUT2D eigenvalue weighted by Crippen LogP contribution is 2.41. The summed E-state index contributed by atoms with van der Waals surface area (Å²) in [5.74, 6) is -0.500. The predicted octanol–water partition coefficient (Wildman–Crippen LogP) is 3.16. The van der Waals surface area contributed by atoms with Gasteiger partial charge in [-0.2, -0.15) is 0 Å². The molecule has 1 saturated heterocycles. The highest BCUT2D eigenvalue weighted by molar-refractivity contribution is 8.00. The van der Waals surface area contributed by atoms with Crippen LogP contribution in [0.2, 0.25) is 0 Å². The molecular weight excluding hydrogens is 286 g/mol. The van der Waals surface area contributed by atoms with Gasteiger partial charge in [0.2, 0.25) is 5.91 Å². The summed E-state index contributed by atoms with van der Waals surface area (Å²) < 4.78 is 0. The Labute approximate surface area is 126 Å². The van der Waals surface area contributed by atoms with Crippen LogP contribution in [-0.4, -0.2) is 22.7 Å². The van der Waals surface area contributed by atoms with Crippen molar-refractivity contribution < 1.29 is 14.7 Å². The smallest absolute Gasteiger partial charge is 0.335 e. The lowest BCUT2D eigenvalue weighted by Crippen LogP contribution is -2.27. The first-order valence-electron chi connectivity index (χ1n) is 6.49. The Balaban J connectivity index is 1.94. The van der Waals surface area contributed by atoms with Crippen LogP contribution < -0.4 is 4.90 Å². The summed E-state index contributed by atoms with van der Waals surface area (Å²) in [4.78, 5) is 24.8. The molecule has 4 nitrogen and oxygen atoms in total. The monoisotopic (exact) mass is 299 g/mol. The third-order valence-corrected chi connectivity index (χ3v) is 4.56. The van der Waals surface area contributed by atoms with Gasteiger partial charge >= 0.3 is 5.97 Å². The molecule has 2 aromatic carbocycles. The Morgan fingerprint density at radius 2 is 1.76 bits per heavy atom. The minimum absolute atomic E-state index is 0.0388. The molecule has 1 N–H and O–H groups in total. The van der Waals surface area contributed by atoms with Crippen molar-refractivity contribution in [3.05, 3.63) is 65.7 Å². The molecule has 0 bridgehead atoms. The van der Waals surface area contributed by atoms with E-state index < -0.39 is 5.97 Å². The molecule has 0 radical (unpaired) electrons. The molecule has 0 aromatic heterocycles. The van der Waals surface area contributed by atoms with Crippen molar-refractivity contribution in [2.24, 2.45) is 0 Å². The maximum absolute atomic E-state index is 12.2. The van der Waals surface area contributed by atoms with Crippen LogP contribution in [-0.2, 0) is 4.79 Å². The first-order valence-corrected chi connectivity index (χ1v) is 7.53. The van der Waals surface area contributed by atoms with Crippen LogP contribution in [0, 0.1) is 0 Å². The molecule has 106 valence electrons. The molecule has 1 amide bonds. The summed E-state index contributed by atoms with van der Waals surface area (Å²) in [6.07, 6.45) is 0. The van der Waals surface area contributed by atoms with Crippen LogP contribution in [0.5, 0.6) is 0 Å². The van der Waals surface area contributed by atoms with E-state index in [2.05, 4.69) is 0 Å². The third-order valence-electron chi connectivity index (χ3n) is 3.35.